The molecule has 3 N–H and O–H groups in total. The van der Waals surface area contributed by atoms with Gasteiger partial charge in [0, 0.05) is 12.6 Å². The zero-order valence-electron chi connectivity index (χ0n) is 12.0. The normalized spacial score (nSPS) is 14.1. The average Bonchev–Trinajstić information content (AvgIpc) is 3.26. The van der Waals surface area contributed by atoms with Gasteiger partial charge >= 0.3 is 0 Å². The van der Waals surface area contributed by atoms with Crippen LogP contribution in [-0.4, -0.2) is 32.0 Å². The van der Waals surface area contributed by atoms with Crippen molar-refractivity contribution in [1.29, 1.82) is 0 Å². The summed E-state index contributed by atoms with van der Waals surface area (Å²) in [5, 5.41) is 6.32. The summed E-state index contributed by atoms with van der Waals surface area (Å²) in [5.41, 5.74) is 7.89. The van der Waals surface area contributed by atoms with Gasteiger partial charge in [-0.2, -0.15) is 4.98 Å². The molecule has 1 aromatic carbocycles. The molecule has 1 aromatic heterocycles. The van der Waals surface area contributed by atoms with Crippen molar-refractivity contribution >= 4 is 11.9 Å². The van der Waals surface area contributed by atoms with E-state index in [2.05, 4.69) is 46.4 Å². The van der Waals surface area contributed by atoms with Gasteiger partial charge in [-0.25, -0.2) is 0 Å². The first-order valence-electron chi connectivity index (χ1n) is 7.24. The third-order valence-corrected chi connectivity index (χ3v) is 3.74. The average molecular weight is 285 g/mol. The zero-order chi connectivity index (χ0) is 14.8. The molecule has 0 bridgehead atoms. The third kappa shape index (κ3) is 3.04. The van der Waals surface area contributed by atoms with Crippen LogP contribution in [0, 0.1) is 0 Å². The van der Waals surface area contributed by atoms with E-state index in [0.717, 1.165) is 24.8 Å². The van der Waals surface area contributed by atoms with Gasteiger partial charge in [0.15, 0.2) is 0 Å². The molecule has 1 aliphatic rings. The number of aromatic amines is 1. The van der Waals surface area contributed by atoms with Gasteiger partial charge in [0.25, 0.3) is 5.91 Å². The second-order valence-corrected chi connectivity index (χ2v) is 5.38. The fourth-order valence-electron chi connectivity index (χ4n) is 2.34. The Morgan fingerprint density at radius 2 is 2.00 bits per heavy atom. The molecule has 1 amide bonds. The monoisotopic (exact) mass is 285 g/mol. The summed E-state index contributed by atoms with van der Waals surface area (Å²) in [6, 6.07) is 8.68. The predicted molar refractivity (Wildman–Crippen MR) is 79.5 cm³/mol. The van der Waals surface area contributed by atoms with Gasteiger partial charge in [-0.1, -0.05) is 31.2 Å². The highest BCUT2D eigenvalue weighted by Crippen LogP contribution is 2.29. The second kappa shape index (κ2) is 5.55. The minimum absolute atomic E-state index is 0.0985. The number of carbonyl (C=O) groups excluding carboxylic acids is 1. The lowest BCUT2D eigenvalue weighted by Crippen LogP contribution is -2.33. The number of anilines is 1. The summed E-state index contributed by atoms with van der Waals surface area (Å²) in [6.07, 6.45) is 3.10. The molecule has 0 atom stereocenters. The molecule has 110 valence electrons. The lowest BCUT2D eigenvalue weighted by atomic mass is 10.1. The van der Waals surface area contributed by atoms with E-state index in [1.807, 2.05) is 4.90 Å². The number of carbonyl (C=O) groups is 1. The van der Waals surface area contributed by atoms with Crippen molar-refractivity contribution in [2.45, 2.75) is 38.8 Å². The molecule has 6 heteroatoms. The smallest absolute Gasteiger partial charge is 0.291 e. The lowest BCUT2D eigenvalue weighted by Gasteiger charge is -2.21. The molecule has 21 heavy (non-hydrogen) atoms. The number of nitrogens with two attached hydrogens (primary N) is 1. The number of aromatic nitrogens is 3. The Balaban J connectivity index is 1.76. The van der Waals surface area contributed by atoms with E-state index in [0.29, 0.717) is 12.6 Å². The van der Waals surface area contributed by atoms with E-state index in [1.165, 1.54) is 5.56 Å². The Labute approximate surface area is 123 Å². The van der Waals surface area contributed by atoms with Crippen molar-refractivity contribution in [3.05, 3.63) is 41.2 Å². The van der Waals surface area contributed by atoms with E-state index in [4.69, 9.17) is 5.73 Å². The molecule has 1 fully saturated rings. The van der Waals surface area contributed by atoms with Crippen molar-refractivity contribution in [1.82, 2.24) is 20.1 Å². The first-order chi connectivity index (χ1) is 10.2. The third-order valence-electron chi connectivity index (χ3n) is 3.74. The number of hydrogen-bond acceptors (Lipinski definition) is 4. The topological polar surface area (TPSA) is 87.9 Å². The summed E-state index contributed by atoms with van der Waals surface area (Å²) in [6.45, 7) is 2.72. The van der Waals surface area contributed by atoms with Crippen LogP contribution in [0.4, 0.5) is 5.95 Å². The summed E-state index contributed by atoms with van der Waals surface area (Å²) in [7, 11) is 0. The maximum atomic E-state index is 12.5. The Bertz CT molecular complexity index is 630. The molecule has 1 heterocycles. The van der Waals surface area contributed by atoms with Crippen LogP contribution in [0.15, 0.2) is 24.3 Å². The first kappa shape index (κ1) is 13.6. The first-order valence-corrected chi connectivity index (χ1v) is 7.24. The molecule has 3 rings (SSSR count). The van der Waals surface area contributed by atoms with Crippen molar-refractivity contribution in [3.63, 3.8) is 0 Å². The summed E-state index contributed by atoms with van der Waals surface area (Å²) in [4.78, 5) is 18.3. The Morgan fingerprint density at radius 1 is 1.33 bits per heavy atom. The van der Waals surface area contributed by atoms with Gasteiger partial charge in [0.1, 0.15) is 0 Å². The molecule has 0 radical (unpaired) electrons. The van der Waals surface area contributed by atoms with Crippen LogP contribution in [0.1, 0.15) is 41.5 Å². The van der Waals surface area contributed by atoms with Crippen molar-refractivity contribution in [2.24, 2.45) is 0 Å². The molecule has 6 nitrogen and oxygen atoms in total. The largest absolute Gasteiger partial charge is 0.366 e. The number of H-pyrrole nitrogens is 1. The predicted octanol–water partition coefficient (Wildman–Crippen LogP) is 1.75. The molecule has 0 spiro atoms. The van der Waals surface area contributed by atoms with E-state index >= 15 is 0 Å². The molecule has 0 saturated heterocycles. The van der Waals surface area contributed by atoms with Crippen LogP contribution in [-0.2, 0) is 13.0 Å². The Kier molecular flexibility index (Phi) is 3.60. The Morgan fingerprint density at radius 3 is 2.52 bits per heavy atom. The summed E-state index contributed by atoms with van der Waals surface area (Å²) >= 11 is 0. The van der Waals surface area contributed by atoms with Gasteiger partial charge in [-0.05, 0) is 30.4 Å². The van der Waals surface area contributed by atoms with Crippen molar-refractivity contribution < 1.29 is 4.79 Å². The highest BCUT2D eigenvalue weighted by Gasteiger charge is 2.34. The van der Waals surface area contributed by atoms with Crippen LogP contribution in [0.3, 0.4) is 0 Å². The van der Waals surface area contributed by atoms with Crippen LogP contribution in [0.2, 0.25) is 0 Å². The van der Waals surface area contributed by atoms with Crippen LogP contribution < -0.4 is 5.73 Å². The van der Waals surface area contributed by atoms with Crippen molar-refractivity contribution in [2.75, 3.05) is 5.73 Å². The van der Waals surface area contributed by atoms with Crippen LogP contribution in [0.25, 0.3) is 0 Å². The fourth-order valence-corrected chi connectivity index (χ4v) is 2.34. The fraction of sp³-hybridized carbons (Fsp3) is 0.400. The molecular weight excluding hydrogens is 266 g/mol. The lowest BCUT2D eigenvalue weighted by molar-refractivity contribution is 0.0718. The second-order valence-electron chi connectivity index (χ2n) is 5.38. The molecular formula is C15H19N5O. The number of nitrogens with zero attached hydrogens (tertiary/aromatic N) is 3. The summed E-state index contributed by atoms with van der Waals surface area (Å²) in [5.74, 6) is 0.173. The maximum absolute atomic E-state index is 12.5. The number of aryl methyl sites for hydroxylation is 1. The number of hydrogen-bond donors (Lipinski definition) is 2. The molecule has 0 aliphatic heterocycles. The van der Waals surface area contributed by atoms with E-state index in [1.54, 1.807) is 0 Å². The minimum atomic E-state index is -0.138. The minimum Gasteiger partial charge on any atom is -0.366 e. The molecule has 1 aliphatic carbocycles. The van der Waals surface area contributed by atoms with Gasteiger partial charge in [0.05, 0.1) is 0 Å². The molecule has 0 unspecified atom stereocenters. The summed E-state index contributed by atoms with van der Waals surface area (Å²) < 4.78 is 0. The molecule has 2 aromatic rings. The standard InChI is InChI=1S/C15H19N5O/c1-2-10-3-5-11(6-4-10)9-20(12-7-8-12)14(21)13-17-15(16)19-18-13/h3-6,12H,2,7-9H2,1H3,(H3,16,17,18,19). The quantitative estimate of drug-likeness (QED) is 0.876. The number of rotatable bonds is 5. The van der Waals surface area contributed by atoms with Gasteiger partial charge in [-0.3, -0.25) is 9.89 Å². The number of nitrogens with one attached hydrogen (secondary N) is 1. The van der Waals surface area contributed by atoms with Gasteiger partial charge in [0.2, 0.25) is 11.8 Å². The van der Waals surface area contributed by atoms with Crippen molar-refractivity contribution in [3.8, 4) is 0 Å². The number of amides is 1. The highest BCUT2D eigenvalue weighted by molar-refractivity contribution is 5.91. The van der Waals surface area contributed by atoms with Gasteiger partial charge < -0.3 is 10.6 Å². The van der Waals surface area contributed by atoms with Crippen LogP contribution >= 0.6 is 0 Å². The van der Waals surface area contributed by atoms with E-state index < -0.39 is 0 Å². The van der Waals surface area contributed by atoms with E-state index in [9.17, 15) is 4.79 Å². The highest BCUT2D eigenvalue weighted by atomic mass is 16.2. The Hall–Kier alpha value is -2.37. The van der Waals surface area contributed by atoms with Gasteiger partial charge in [-0.15, -0.1) is 5.10 Å². The maximum Gasteiger partial charge on any atom is 0.291 e. The molecule has 1 saturated carbocycles. The number of benzene rings is 1. The van der Waals surface area contributed by atoms with Crippen LogP contribution in [0.5, 0.6) is 0 Å². The number of nitrogen functional groups attached to an aromatic ring is 1. The van der Waals surface area contributed by atoms with E-state index in [-0.39, 0.29) is 17.7 Å². The SMILES string of the molecule is CCc1ccc(CN(C(=O)c2nc(N)n[nH]2)C2CC2)cc1. The zero-order valence-corrected chi connectivity index (χ0v) is 12.0.